The van der Waals surface area contributed by atoms with Gasteiger partial charge in [-0.05, 0) is 26.8 Å². The molecule has 0 heterocycles. The standard InChI is InChI=1S/C15H24N2O4/c1-15(2,3)21-14(18)17(4)12-8-11(16)9-13(10-12)20-7-6-19-5/h8-10H,6-7,16H2,1-5H3. The summed E-state index contributed by atoms with van der Waals surface area (Å²) in [5, 5.41) is 0. The number of amides is 1. The molecule has 2 N–H and O–H groups in total. The number of methoxy groups -OCH3 is 1. The first-order valence-corrected chi connectivity index (χ1v) is 6.72. The fourth-order valence-corrected chi connectivity index (χ4v) is 1.56. The fraction of sp³-hybridized carbons (Fsp3) is 0.533. The molecule has 0 aliphatic heterocycles. The summed E-state index contributed by atoms with van der Waals surface area (Å²) in [7, 11) is 3.23. The van der Waals surface area contributed by atoms with Crippen molar-refractivity contribution < 1.29 is 19.0 Å². The van der Waals surface area contributed by atoms with E-state index in [1.54, 1.807) is 32.4 Å². The average Bonchev–Trinajstić information content (AvgIpc) is 2.35. The summed E-state index contributed by atoms with van der Waals surface area (Å²) in [6.07, 6.45) is -0.448. The molecule has 6 heteroatoms. The maximum absolute atomic E-state index is 12.0. The Bertz CT molecular complexity index is 483. The number of ether oxygens (including phenoxy) is 3. The maximum Gasteiger partial charge on any atom is 0.414 e. The van der Waals surface area contributed by atoms with Gasteiger partial charge in [0.2, 0.25) is 0 Å². The van der Waals surface area contributed by atoms with Crippen molar-refractivity contribution in [2.75, 3.05) is 38.0 Å². The van der Waals surface area contributed by atoms with E-state index >= 15 is 0 Å². The molecule has 118 valence electrons. The van der Waals surface area contributed by atoms with E-state index in [2.05, 4.69) is 0 Å². The van der Waals surface area contributed by atoms with Crippen LogP contribution in [0, 0.1) is 0 Å². The van der Waals surface area contributed by atoms with Crippen LogP contribution in [0.2, 0.25) is 0 Å². The van der Waals surface area contributed by atoms with Gasteiger partial charge in [0.15, 0.2) is 0 Å². The molecule has 0 spiro atoms. The largest absolute Gasteiger partial charge is 0.491 e. The zero-order valence-electron chi connectivity index (χ0n) is 13.3. The normalized spacial score (nSPS) is 11.1. The van der Waals surface area contributed by atoms with Crippen molar-refractivity contribution in [3.8, 4) is 5.75 Å². The number of rotatable bonds is 5. The van der Waals surface area contributed by atoms with Crippen LogP contribution in [0.4, 0.5) is 16.2 Å². The van der Waals surface area contributed by atoms with Crippen molar-refractivity contribution in [3.63, 3.8) is 0 Å². The van der Waals surface area contributed by atoms with Gasteiger partial charge < -0.3 is 19.9 Å². The quantitative estimate of drug-likeness (QED) is 0.668. The van der Waals surface area contributed by atoms with Crippen molar-refractivity contribution in [1.82, 2.24) is 0 Å². The lowest BCUT2D eigenvalue weighted by Crippen LogP contribution is -2.34. The Kier molecular flexibility index (Phi) is 5.84. The summed E-state index contributed by atoms with van der Waals surface area (Å²) >= 11 is 0. The predicted octanol–water partition coefficient (Wildman–Crippen LogP) is 2.67. The lowest BCUT2D eigenvalue weighted by molar-refractivity contribution is 0.0589. The highest BCUT2D eigenvalue weighted by Gasteiger charge is 2.21. The van der Waals surface area contributed by atoms with Gasteiger partial charge >= 0.3 is 6.09 Å². The van der Waals surface area contributed by atoms with Crippen LogP contribution in [-0.2, 0) is 9.47 Å². The van der Waals surface area contributed by atoms with E-state index in [9.17, 15) is 4.79 Å². The van der Waals surface area contributed by atoms with E-state index < -0.39 is 11.7 Å². The molecular weight excluding hydrogens is 272 g/mol. The highest BCUT2D eigenvalue weighted by molar-refractivity contribution is 5.88. The molecule has 0 atom stereocenters. The van der Waals surface area contributed by atoms with E-state index in [1.807, 2.05) is 20.8 Å². The Morgan fingerprint density at radius 2 is 1.90 bits per heavy atom. The van der Waals surface area contributed by atoms with Gasteiger partial charge in [-0.3, -0.25) is 4.90 Å². The molecule has 1 aromatic carbocycles. The van der Waals surface area contributed by atoms with Crippen LogP contribution in [0.3, 0.4) is 0 Å². The number of carbonyl (C=O) groups excluding carboxylic acids is 1. The lowest BCUT2D eigenvalue weighted by Gasteiger charge is -2.25. The van der Waals surface area contributed by atoms with Gasteiger partial charge in [0.05, 0.1) is 12.3 Å². The van der Waals surface area contributed by atoms with Crippen LogP contribution in [0.1, 0.15) is 20.8 Å². The van der Waals surface area contributed by atoms with E-state index in [-0.39, 0.29) is 0 Å². The van der Waals surface area contributed by atoms with Gasteiger partial charge in [-0.2, -0.15) is 0 Å². The van der Waals surface area contributed by atoms with Gasteiger partial charge in [-0.25, -0.2) is 4.79 Å². The Balaban J connectivity index is 2.83. The lowest BCUT2D eigenvalue weighted by atomic mass is 10.2. The van der Waals surface area contributed by atoms with E-state index in [1.165, 1.54) is 4.90 Å². The molecule has 1 amide bonds. The molecule has 21 heavy (non-hydrogen) atoms. The second-order valence-corrected chi connectivity index (χ2v) is 5.64. The number of hydrogen-bond acceptors (Lipinski definition) is 5. The van der Waals surface area contributed by atoms with E-state index in [4.69, 9.17) is 19.9 Å². The third kappa shape index (κ3) is 5.91. The molecule has 0 aliphatic rings. The minimum Gasteiger partial charge on any atom is -0.491 e. The van der Waals surface area contributed by atoms with Crippen LogP contribution < -0.4 is 15.4 Å². The van der Waals surface area contributed by atoms with Crippen molar-refractivity contribution >= 4 is 17.5 Å². The van der Waals surface area contributed by atoms with E-state index in [0.717, 1.165) is 0 Å². The van der Waals surface area contributed by atoms with Crippen molar-refractivity contribution in [1.29, 1.82) is 0 Å². The molecular formula is C15H24N2O4. The summed E-state index contributed by atoms with van der Waals surface area (Å²) in [6.45, 7) is 6.34. The van der Waals surface area contributed by atoms with Crippen molar-refractivity contribution in [3.05, 3.63) is 18.2 Å². The maximum atomic E-state index is 12.0. The smallest absolute Gasteiger partial charge is 0.414 e. The molecule has 1 aromatic rings. The summed E-state index contributed by atoms with van der Waals surface area (Å²) in [6, 6.07) is 5.12. The Labute approximate surface area is 125 Å². The SMILES string of the molecule is COCCOc1cc(N)cc(N(C)C(=O)OC(C)(C)C)c1. The van der Waals surface area contributed by atoms with Gasteiger partial charge in [0.25, 0.3) is 0 Å². The number of anilines is 2. The molecule has 0 radical (unpaired) electrons. The average molecular weight is 296 g/mol. The molecule has 0 fully saturated rings. The van der Waals surface area contributed by atoms with Crippen LogP contribution in [0.5, 0.6) is 5.75 Å². The van der Waals surface area contributed by atoms with Gasteiger partial charge in [0.1, 0.15) is 18.0 Å². The number of nitrogen functional groups attached to an aromatic ring is 1. The molecule has 0 bridgehead atoms. The Morgan fingerprint density at radius 1 is 1.24 bits per heavy atom. The monoisotopic (exact) mass is 296 g/mol. The molecule has 0 aliphatic carbocycles. The number of benzene rings is 1. The van der Waals surface area contributed by atoms with Crippen LogP contribution in [0.25, 0.3) is 0 Å². The first kappa shape index (κ1) is 17.1. The molecule has 0 saturated heterocycles. The summed E-state index contributed by atoms with van der Waals surface area (Å²) < 4.78 is 15.8. The second-order valence-electron chi connectivity index (χ2n) is 5.64. The fourth-order valence-electron chi connectivity index (χ4n) is 1.56. The number of carbonyl (C=O) groups is 1. The minimum atomic E-state index is -0.552. The molecule has 0 aromatic heterocycles. The highest BCUT2D eigenvalue weighted by Crippen LogP contribution is 2.26. The van der Waals surface area contributed by atoms with Crippen LogP contribution in [0.15, 0.2) is 18.2 Å². The molecule has 6 nitrogen and oxygen atoms in total. The Hall–Kier alpha value is -1.95. The van der Waals surface area contributed by atoms with Gasteiger partial charge in [-0.1, -0.05) is 0 Å². The first-order valence-electron chi connectivity index (χ1n) is 6.72. The van der Waals surface area contributed by atoms with Crippen LogP contribution >= 0.6 is 0 Å². The topological polar surface area (TPSA) is 74.0 Å². The second kappa shape index (κ2) is 7.17. The van der Waals surface area contributed by atoms with Gasteiger partial charge in [-0.15, -0.1) is 0 Å². The number of nitrogens with zero attached hydrogens (tertiary/aromatic N) is 1. The minimum absolute atomic E-state index is 0.412. The number of hydrogen-bond donors (Lipinski definition) is 1. The third-order valence-electron chi connectivity index (χ3n) is 2.52. The zero-order chi connectivity index (χ0) is 16.0. The summed E-state index contributed by atoms with van der Waals surface area (Å²) in [5.74, 6) is 0.581. The summed E-state index contributed by atoms with van der Waals surface area (Å²) in [4.78, 5) is 13.4. The highest BCUT2D eigenvalue weighted by atomic mass is 16.6. The molecule has 0 unspecified atom stereocenters. The van der Waals surface area contributed by atoms with Crippen molar-refractivity contribution in [2.24, 2.45) is 0 Å². The first-order chi connectivity index (χ1) is 9.73. The number of nitrogens with two attached hydrogens (primary N) is 1. The summed E-state index contributed by atoms with van der Waals surface area (Å²) in [5.41, 5.74) is 6.40. The predicted molar refractivity (Wildman–Crippen MR) is 82.9 cm³/mol. The van der Waals surface area contributed by atoms with Crippen molar-refractivity contribution in [2.45, 2.75) is 26.4 Å². The molecule has 1 rings (SSSR count). The zero-order valence-corrected chi connectivity index (χ0v) is 13.3. The third-order valence-corrected chi connectivity index (χ3v) is 2.52. The van der Waals surface area contributed by atoms with Gasteiger partial charge in [0, 0.05) is 32.0 Å². The molecule has 0 saturated carbocycles. The Morgan fingerprint density at radius 3 is 2.48 bits per heavy atom. The van der Waals surface area contributed by atoms with Crippen LogP contribution in [-0.4, -0.2) is 39.1 Å². The van der Waals surface area contributed by atoms with E-state index in [0.29, 0.717) is 30.3 Å².